The molecule has 0 radical (unpaired) electrons. The van der Waals surface area contributed by atoms with E-state index in [4.69, 9.17) is 17.7 Å². The van der Waals surface area contributed by atoms with Crippen LogP contribution in [0.4, 0.5) is 0 Å². The van der Waals surface area contributed by atoms with Crippen molar-refractivity contribution in [2.24, 2.45) is 0 Å². The van der Waals surface area contributed by atoms with E-state index in [1.54, 1.807) is 36.4 Å². The van der Waals surface area contributed by atoms with Crippen LogP contribution in [-0.2, 0) is 0 Å². The summed E-state index contributed by atoms with van der Waals surface area (Å²) in [5, 5.41) is 10.4. The maximum absolute atomic E-state index is 12.9. The molecule has 0 spiro atoms. The van der Waals surface area contributed by atoms with Gasteiger partial charge in [0.1, 0.15) is 22.3 Å². The molecule has 0 unspecified atom stereocenters. The standard InChI is InChI=1S/C38H14O8/c39-35-19-9-3-7-17-27(19)21(37(41)45-35)13-25-29(17)31-15-5-1-2-6-16(15)32-30-18-8-4-10-20-28(18)22(38(42)46-36(20)40)14-26(30)44-24-12-11-23(43-25)33(31)34(24)32/h1-14H. The number of benzene rings is 7. The Hall–Kier alpha value is -6.54. The van der Waals surface area contributed by atoms with Crippen LogP contribution in [0.5, 0.6) is 0 Å². The van der Waals surface area contributed by atoms with Gasteiger partial charge in [-0.15, -0.1) is 0 Å². The maximum atomic E-state index is 12.9. The Morgan fingerprint density at radius 3 is 1.13 bits per heavy atom. The molecule has 0 aliphatic heterocycles. The van der Waals surface area contributed by atoms with E-state index >= 15 is 0 Å². The van der Waals surface area contributed by atoms with Crippen molar-refractivity contribution in [3.05, 3.63) is 127 Å². The molecule has 0 aliphatic carbocycles. The lowest BCUT2D eigenvalue weighted by atomic mass is 9.87. The van der Waals surface area contributed by atoms with E-state index in [1.807, 2.05) is 48.5 Å². The van der Waals surface area contributed by atoms with Gasteiger partial charge in [0.2, 0.25) is 0 Å². The lowest BCUT2D eigenvalue weighted by Crippen LogP contribution is -2.12. The highest BCUT2D eigenvalue weighted by molar-refractivity contribution is 6.44. The summed E-state index contributed by atoms with van der Waals surface area (Å²) in [5.74, 6) is 0. The minimum Gasteiger partial charge on any atom is -0.456 e. The third-order valence-corrected chi connectivity index (χ3v) is 9.53. The van der Waals surface area contributed by atoms with Crippen LogP contribution < -0.4 is 22.5 Å². The SMILES string of the molecule is O=c1oc(=O)c2cc3oc4ccc5oc6cc7c(=O)oc(=O)c8cccc(c87)c6c6c7ccccc7c(c3c3cccc1c23)c4c56. The Morgan fingerprint density at radius 1 is 0.283 bits per heavy atom. The lowest BCUT2D eigenvalue weighted by Gasteiger charge is -2.19. The van der Waals surface area contributed by atoms with E-state index in [-0.39, 0.29) is 10.8 Å². The van der Waals surface area contributed by atoms with E-state index in [0.717, 1.165) is 43.1 Å². The maximum Gasteiger partial charge on any atom is 0.346 e. The van der Waals surface area contributed by atoms with Gasteiger partial charge in [0.25, 0.3) is 0 Å². The first-order chi connectivity index (χ1) is 22.5. The second kappa shape index (κ2) is 7.75. The van der Waals surface area contributed by atoms with Crippen LogP contribution in [0.25, 0.3) is 109 Å². The minimum atomic E-state index is -0.716. The molecule has 46 heavy (non-hydrogen) atoms. The largest absolute Gasteiger partial charge is 0.456 e. The van der Waals surface area contributed by atoms with Gasteiger partial charge in [-0.25, -0.2) is 19.2 Å². The topological polar surface area (TPSA) is 121 Å². The van der Waals surface area contributed by atoms with Gasteiger partial charge in [0.15, 0.2) is 0 Å². The second-order valence-corrected chi connectivity index (χ2v) is 11.7. The van der Waals surface area contributed by atoms with Crippen molar-refractivity contribution in [3.63, 3.8) is 0 Å². The molecule has 0 N–H and O–H groups in total. The summed E-state index contributed by atoms with van der Waals surface area (Å²) >= 11 is 0. The molecule has 7 aromatic carbocycles. The Bertz CT molecular complexity index is 3220. The van der Waals surface area contributed by atoms with E-state index < -0.39 is 22.5 Å². The summed E-state index contributed by atoms with van der Waals surface area (Å²) in [7, 11) is 0. The molecule has 0 bridgehead atoms. The zero-order chi connectivity index (χ0) is 30.6. The quantitative estimate of drug-likeness (QED) is 0.128. The second-order valence-electron chi connectivity index (χ2n) is 11.7. The molecule has 214 valence electrons. The van der Waals surface area contributed by atoms with Gasteiger partial charge in [-0.1, -0.05) is 48.5 Å². The predicted molar refractivity (Wildman–Crippen MR) is 178 cm³/mol. The smallest absolute Gasteiger partial charge is 0.346 e. The highest BCUT2D eigenvalue weighted by Crippen LogP contribution is 2.49. The minimum absolute atomic E-state index is 0.271. The monoisotopic (exact) mass is 598 g/mol. The van der Waals surface area contributed by atoms with Gasteiger partial charge < -0.3 is 17.7 Å². The van der Waals surface area contributed by atoms with Crippen LogP contribution in [0, 0.1) is 0 Å². The number of fused-ring (bicyclic) bond motifs is 9. The van der Waals surface area contributed by atoms with Crippen LogP contribution >= 0.6 is 0 Å². The summed E-state index contributed by atoms with van der Waals surface area (Å²) in [6, 6.07) is 25.6. The Morgan fingerprint density at radius 2 is 0.674 bits per heavy atom. The average molecular weight is 599 g/mol. The fourth-order valence-corrected chi connectivity index (χ4v) is 7.82. The average Bonchev–Trinajstić information content (AvgIpc) is 3.07. The number of rotatable bonds is 0. The zero-order valence-corrected chi connectivity index (χ0v) is 23.3. The van der Waals surface area contributed by atoms with E-state index in [9.17, 15) is 19.2 Å². The van der Waals surface area contributed by atoms with Gasteiger partial charge in [0.05, 0.1) is 21.5 Å². The molecule has 0 aliphatic rings. The van der Waals surface area contributed by atoms with E-state index in [1.165, 1.54) is 0 Å². The molecule has 11 rings (SSSR count). The lowest BCUT2D eigenvalue weighted by molar-refractivity contribution is 0.488. The summed E-state index contributed by atoms with van der Waals surface area (Å²) in [6.45, 7) is 0. The van der Waals surface area contributed by atoms with E-state index in [2.05, 4.69) is 0 Å². The molecule has 0 saturated carbocycles. The third kappa shape index (κ3) is 2.64. The van der Waals surface area contributed by atoms with Gasteiger partial charge in [-0.05, 0) is 57.9 Å². The van der Waals surface area contributed by atoms with Gasteiger partial charge in [-0.2, -0.15) is 0 Å². The summed E-state index contributed by atoms with van der Waals surface area (Å²) in [4.78, 5) is 51.4. The third-order valence-electron chi connectivity index (χ3n) is 9.53. The first kappa shape index (κ1) is 23.9. The van der Waals surface area contributed by atoms with Crippen molar-refractivity contribution < 1.29 is 17.7 Å². The van der Waals surface area contributed by atoms with Crippen molar-refractivity contribution in [1.82, 2.24) is 0 Å². The van der Waals surface area contributed by atoms with Crippen LogP contribution in [0.1, 0.15) is 0 Å². The molecule has 8 nitrogen and oxygen atoms in total. The summed E-state index contributed by atoms with van der Waals surface area (Å²) < 4.78 is 23.3. The van der Waals surface area contributed by atoms with Crippen LogP contribution in [0.2, 0.25) is 0 Å². The molecule has 4 heterocycles. The van der Waals surface area contributed by atoms with Gasteiger partial charge in [-0.3, -0.25) is 0 Å². The normalized spacial score (nSPS) is 12.7. The number of hydrogen-bond donors (Lipinski definition) is 0. The predicted octanol–water partition coefficient (Wildman–Crippen LogP) is 7.91. The van der Waals surface area contributed by atoms with Crippen LogP contribution in [0.15, 0.2) is 122 Å². The van der Waals surface area contributed by atoms with Crippen molar-refractivity contribution in [2.75, 3.05) is 0 Å². The Balaban J connectivity index is 1.51. The molecule has 0 saturated heterocycles. The van der Waals surface area contributed by atoms with Gasteiger partial charge in [0, 0.05) is 43.1 Å². The fraction of sp³-hybridized carbons (Fsp3) is 0. The molecular formula is C38H14O8. The summed E-state index contributed by atoms with van der Waals surface area (Å²) in [6.07, 6.45) is 0. The summed E-state index contributed by atoms with van der Waals surface area (Å²) in [5.41, 5.74) is -0.708. The highest BCUT2D eigenvalue weighted by atomic mass is 16.4. The molecule has 0 amide bonds. The Kier molecular flexibility index (Phi) is 4.02. The molecule has 4 aromatic heterocycles. The first-order valence-corrected chi connectivity index (χ1v) is 14.6. The van der Waals surface area contributed by atoms with Gasteiger partial charge >= 0.3 is 22.5 Å². The van der Waals surface area contributed by atoms with Crippen molar-refractivity contribution in [2.45, 2.75) is 0 Å². The molecule has 0 fully saturated rings. The first-order valence-electron chi connectivity index (χ1n) is 14.6. The van der Waals surface area contributed by atoms with E-state index in [0.29, 0.717) is 54.6 Å². The fourth-order valence-electron chi connectivity index (χ4n) is 7.82. The van der Waals surface area contributed by atoms with Crippen molar-refractivity contribution >= 4 is 109 Å². The van der Waals surface area contributed by atoms with Crippen molar-refractivity contribution in [3.8, 4) is 0 Å². The van der Waals surface area contributed by atoms with Crippen LogP contribution in [-0.4, -0.2) is 0 Å². The zero-order valence-electron chi connectivity index (χ0n) is 23.3. The molecule has 0 atom stereocenters. The highest BCUT2D eigenvalue weighted by Gasteiger charge is 2.25. The van der Waals surface area contributed by atoms with Crippen molar-refractivity contribution in [1.29, 1.82) is 0 Å². The van der Waals surface area contributed by atoms with Crippen LogP contribution in [0.3, 0.4) is 0 Å². The molecule has 8 heteroatoms. The molecular weight excluding hydrogens is 584 g/mol. The Labute approximate surface area is 252 Å². The number of hydrogen-bond acceptors (Lipinski definition) is 8. The molecule has 11 aromatic rings.